The van der Waals surface area contributed by atoms with Gasteiger partial charge in [-0.25, -0.2) is 0 Å². The first-order valence-electron chi connectivity index (χ1n) is 12.6. The molecule has 0 unspecified atom stereocenters. The molecular formula is C26H39N3O3. The number of ketones is 1. The topological polar surface area (TPSA) is 75.9 Å². The van der Waals surface area contributed by atoms with Crippen LogP contribution < -0.4 is 10.5 Å². The van der Waals surface area contributed by atoms with Crippen LogP contribution in [0.2, 0.25) is 0 Å². The Labute approximate surface area is 192 Å². The summed E-state index contributed by atoms with van der Waals surface area (Å²) in [6, 6.07) is 7.23. The highest BCUT2D eigenvalue weighted by molar-refractivity contribution is 5.99. The Balaban J connectivity index is 1.09. The molecule has 1 aromatic rings. The summed E-state index contributed by atoms with van der Waals surface area (Å²) >= 11 is 0. The molecule has 0 aromatic heterocycles. The molecule has 176 valence electrons. The van der Waals surface area contributed by atoms with Crippen LogP contribution in [0.1, 0.15) is 68.1 Å². The zero-order chi connectivity index (χ0) is 22.3. The first-order valence-corrected chi connectivity index (χ1v) is 12.6. The van der Waals surface area contributed by atoms with Crippen LogP contribution in [0.25, 0.3) is 0 Å². The van der Waals surface area contributed by atoms with Crippen molar-refractivity contribution < 1.29 is 14.3 Å². The molecule has 0 bridgehead atoms. The third kappa shape index (κ3) is 6.55. The number of nitrogens with zero attached hydrogens (tertiary/aromatic N) is 2. The largest absolute Gasteiger partial charge is 0.494 e. The highest BCUT2D eigenvalue weighted by Gasteiger charge is 2.30. The molecule has 1 amide bonds. The predicted molar refractivity (Wildman–Crippen MR) is 126 cm³/mol. The first kappa shape index (κ1) is 23.2. The maximum atomic E-state index is 12.7. The van der Waals surface area contributed by atoms with Gasteiger partial charge in [0.05, 0.1) is 12.6 Å². The van der Waals surface area contributed by atoms with E-state index < -0.39 is 0 Å². The van der Waals surface area contributed by atoms with E-state index in [1.165, 1.54) is 32.1 Å². The van der Waals surface area contributed by atoms with E-state index in [9.17, 15) is 9.59 Å². The molecule has 4 rings (SSSR count). The van der Waals surface area contributed by atoms with Gasteiger partial charge in [0, 0.05) is 44.2 Å². The number of benzene rings is 1. The summed E-state index contributed by atoms with van der Waals surface area (Å²) in [6.45, 7) is 4.97. The highest BCUT2D eigenvalue weighted by Crippen LogP contribution is 2.33. The fraction of sp³-hybridized carbons (Fsp3) is 0.692. The van der Waals surface area contributed by atoms with Gasteiger partial charge in [0.15, 0.2) is 5.78 Å². The Bertz CT molecular complexity index is 748. The quantitative estimate of drug-likeness (QED) is 0.444. The van der Waals surface area contributed by atoms with Crippen LogP contribution in [-0.2, 0) is 4.79 Å². The van der Waals surface area contributed by atoms with Crippen LogP contribution in [0, 0.1) is 11.8 Å². The van der Waals surface area contributed by atoms with Gasteiger partial charge in [-0.1, -0.05) is 32.1 Å². The zero-order valence-electron chi connectivity index (χ0n) is 19.3. The maximum Gasteiger partial charge on any atom is 0.239 e. The van der Waals surface area contributed by atoms with Crippen molar-refractivity contribution in [1.29, 1.82) is 0 Å². The number of nitrogens with two attached hydrogens (primary N) is 1. The minimum atomic E-state index is -0.330. The number of ether oxygens (including phenoxy) is 1. The molecule has 2 saturated carbocycles. The molecule has 6 nitrogen and oxygen atoms in total. The first-order chi connectivity index (χ1) is 15.6. The van der Waals surface area contributed by atoms with Gasteiger partial charge in [-0.3, -0.25) is 14.5 Å². The molecule has 32 heavy (non-hydrogen) atoms. The zero-order valence-corrected chi connectivity index (χ0v) is 19.3. The second kappa shape index (κ2) is 11.3. The van der Waals surface area contributed by atoms with E-state index in [4.69, 9.17) is 10.5 Å². The number of Topliss-reactive ketones (excluding diaryl/α,β-unsaturated/α-hetero) is 1. The summed E-state index contributed by atoms with van der Waals surface area (Å²) in [7, 11) is 0. The summed E-state index contributed by atoms with van der Waals surface area (Å²) in [5.74, 6) is 2.12. The highest BCUT2D eigenvalue weighted by atomic mass is 16.5. The second-order valence-corrected chi connectivity index (χ2v) is 9.88. The number of rotatable bonds is 10. The summed E-state index contributed by atoms with van der Waals surface area (Å²) in [4.78, 5) is 29.2. The van der Waals surface area contributed by atoms with E-state index in [-0.39, 0.29) is 23.7 Å². The summed E-state index contributed by atoms with van der Waals surface area (Å²) in [5, 5.41) is 0. The molecule has 1 atom stereocenters. The van der Waals surface area contributed by atoms with Gasteiger partial charge < -0.3 is 15.4 Å². The van der Waals surface area contributed by atoms with Crippen LogP contribution in [0.3, 0.4) is 0 Å². The summed E-state index contributed by atoms with van der Waals surface area (Å²) in [6.07, 6.45) is 10.3. The van der Waals surface area contributed by atoms with Crippen LogP contribution >= 0.6 is 0 Å². The molecule has 2 N–H and O–H groups in total. The lowest BCUT2D eigenvalue weighted by atomic mass is 9.84. The van der Waals surface area contributed by atoms with Crippen molar-refractivity contribution in [1.82, 2.24) is 9.80 Å². The smallest absolute Gasteiger partial charge is 0.239 e. The van der Waals surface area contributed by atoms with E-state index in [0.29, 0.717) is 12.5 Å². The minimum Gasteiger partial charge on any atom is -0.494 e. The fourth-order valence-electron chi connectivity index (χ4n) is 5.08. The molecule has 2 aliphatic carbocycles. The Morgan fingerprint density at radius 1 is 0.969 bits per heavy atom. The normalized spacial score (nSPS) is 21.3. The molecule has 1 aromatic carbocycles. The van der Waals surface area contributed by atoms with Gasteiger partial charge in [-0.2, -0.15) is 0 Å². The molecule has 1 saturated heterocycles. The molecule has 3 aliphatic rings. The van der Waals surface area contributed by atoms with Crippen molar-refractivity contribution >= 4 is 11.7 Å². The Morgan fingerprint density at radius 2 is 1.66 bits per heavy atom. The molecule has 1 heterocycles. The molecule has 1 aliphatic heterocycles. The van der Waals surface area contributed by atoms with Crippen LogP contribution in [0.15, 0.2) is 24.3 Å². The van der Waals surface area contributed by atoms with Gasteiger partial charge in [0.25, 0.3) is 0 Å². The van der Waals surface area contributed by atoms with E-state index in [1.807, 2.05) is 29.2 Å². The van der Waals surface area contributed by atoms with Crippen molar-refractivity contribution in [3.8, 4) is 5.75 Å². The van der Waals surface area contributed by atoms with Crippen molar-refractivity contribution in [2.75, 3.05) is 39.3 Å². The van der Waals surface area contributed by atoms with Gasteiger partial charge >= 0.3 is 0 Å². The van der Waals surface area contributed by atoms with Crippen molar-refractivity contribution in [3.05, 3.63) is 29.8 Å². The van der Waals surface area contributed by atoms with Crippen molar-refractivity contribution in [3.63, 3.8) is 0 Å². The van der Waals surface area contributed by atoms with Crippen LogP contribution in [0.5, 0.6) is 5.75 Å². The number of hydrogen-bond donors (Lipinski definition) is 1. The molecule has 0 radical (unpaired) electrons. The number of amides is 1. The Kier molecular flexibility index (Phi) is 8.20. The van der Waals surface area contributed by atoms with E-state index in [2.05, 4.69) is 4.90 Å². The van der Waals surface area contributed by atoms with Gasteiger partial charge in [-0.15, -0.1) is 0 Å². The van der Waals surface area contributed by atoms with Crippen LogP contribution in [-0.4, -0.2) is 66.9 Å². The van der Waals surface area contributed by atoms with Crippen molar-refractivity contribution in [2.24, 2.45) is 17.6 Å². The maximum absolute atomic E-state index is 12.7. The molecular weight excluding hydrogens is 402 g/mol. The van der Waals surface area contributed by atoms with E-state index >= 15 is 0 Å². The number of hydrogen-bond acceptors (Lipinski definition) is 5. The standard InChI is InChI=1S/C26H39N3O3/c27-24(19-20-5-2-1-3-6-20)26(31)29-16-14-28(15-17-29)13-4-18-32-23-11-9-22(10-12-23)25(30)21-7-8-21/h9-12,20-21,24H,1-8,13-19,27H2/t24-/m1/s1. The average Bonchev–Trinajstić information content (AvgIpc) is 3.68. The van der Waals surface area contributed by atoms with E-state index in [0.717, 1.165) is 69.7 Å². The predicted octanol–water partition coefficient (Wildman–Crippen LogP) is 3.49. The van der Waals surface area contributed by atoms with Crippen LogP contribution in [0.4, 0.5) is 0 Å². The lowest BCUT2D eigenvalue weighted by molar-refractivity contribution is -0.134. The van der Waals surface area contributed by atoms with Gasteiger partial charge in [-0.05, 0) is 55.9 Å². The second-order valence-electron chi connectivity index (χ2n) is 9.88. The Hall–Kier alpha value is -1.92. The molecule has 0 spiro atoms. The van der Waals surface area contributed by atoms with Gasteiger partial charge in [0.2, 0.25) is 5.91 Å². The average molecular weight is 442 g/mol. The number of carbonyl (C=O) groups excluding carboxylic acids is 2. The number of carbonyl (C=O) groups is 2. The third-order valence-electron chi connectivity index (χ3n) is 7.29. The van der Waals surface area contributed by atoms with Crippen molar-refractivity contribution in [2.45, 2.75) is 63.8 Å². The Morgan fingerprint density at radius 3 is 2.31 bits per heavy atom. The molecule has 6 heteroatoms. The lowest BCUT2D eigenvalue weighted by Crippen LogP contribution is -2.53. The summed E-state index contributed by atoms with van der Waals surface area (Å²) in [5.41, 5.74) is 7.07. The third-order valence-corrected chi connectivity index (χ3v) is 7.29. The fourth-order valence-corrected chi connectivity index (χ4v) is 5.08. The minimum absolute atomic E-state index is 0.141. The number of piperazine rings is 1. The summed E-state index contributed by atoms with van der Waals surface area (Å²) < 4.78 is 5.85. The monoisotopic (exact) mass is 441 g/mol. The lowest BCUT2D eigenvalue weighted by Gasteiger charge is -2.36. The van der Waals surface area contributed by atoms with Gasteiger partial charge in [0.1, 0.15) is 5.75 Å². The van der Waals surface area contributed by atoms with E-state index in [1.54, 1.807) is 0 Å². The SMILES string of the molecule is N[C@H](CC1CCCCC1)C(=O)N1CCN(CCCOc2ccc(C(=O)C3CC3)cc2)CC1. The molecule has 3 fully saturated rings.